The van der Waals surface area contributed by atoms with Crippen LogP contribution in [0.1, 0.15) is 53.3 Å². The van der Waals surface area contributed by atoms with E-state index >= 15 is 0 Å². The molecule has 2 aliphatic carbocycles. The minimum atomic E-state index is -0.217. The number of nitrogens with zero attached hydrogens (tertiary/aromatic N) is 2. The van der Waals surface area contributed by atoms with E-state index in [-0.39, 0.29) is 11.8 Å². The molecule has 3 atom stereocenters. The molecule has 6 nitrogen and oxygen atoms in total. The molecule has 3 unspecified atom stereocenters. The van der Waals surface area contributed by atoms with Crippen LogP contribution in [0.25, 0.3) is 0 Å². The molecule has 2 bridgehead atoms. The van der Waals surface area contributed by atoms with Gasteiger partial charge in [-0.15, -0.1) is 0 Å². The zero-order valence-electron chi connectivity index (χ0n) is 16.1. The Kier molecular flexibility index (Phi) is 5.03. The van der Waals surface area contributed by atoms with Gasteiger partial charge in [-0.25, -0.2) is 4.68 Å². The average molecular weight is 378 g/mol. The van der Waals surface area contributed by atoms with E-state index in [9.17, 15) is 9.59 Å². The fourth-order valence-electron chi connectivity index (χ4n) is 4.60. The monoisotopic (exact) mass is 378 g/mol. The maximum Gasteiger partial charge on any atom is 0.256 e. The van der Waals surface area contributed by atoms with Gasteiger partial charge in [0.05, 0.1) is 11.7 Å². The third-order valence-corrected chi connectivity index (χ3v) is 5.98. The van der Waals surface area contributed by atoms with E-state index in [0.717, 1.165) is 23.0 Å². The van der Waals surface area contributed by atoms with Gasteiger partial charge in [0.25, 0.3) is 5.91 Å². The molecular formula is C22H26N4O2. The summed E-state index contributed by atoms with van der Waals surface area (Å²) in [7, 11) is 0. The van der Waals surface area contributed by atoms with E-state index in [4.69, 9.17) is 0 Å². The van der Waals surface area contributed by atoms with Crippen LogP contribution in [0.15, 0.2) is 43.0 Å². The van der Waals surface area contributed by atoms with Gasteiger partial charge in [0.15, 0.2) is 0 Å². The highest BCUT2D eigenvalue weighted by molar-refractivity contribution is 6.03. The van der Waals surface area contributed by atoms with Crippen molar-refractivity contribution in [2.24, 2.45) is 11.8 Å². The third-order valence-electron chi connectivity index (χ3n) is 5.98. The average Bonchev–Trinajstić information content (AvgIpc) is 3.42. The molecule has 0 spiro atoms. The summed E-state index contributed by atoms with van der Waals surface area (Å²) >= 11 is 0. The smallest absolute Gasteiger partial charge is 0.256 e. The van der Waals surface area contributed by atoms with E-state index in [2.05, 4.69) is 22.3 Å². The molecule has 4 rings (SSSR count). The highest BCUT2D eigenvalue weighted by Crippen LogP contribution is 2.51. The largest absolute Gasteiger partial charge is 0.348 e. The van der Waals surface area contributed by atoms with Gasteiger partial charge in [0.2, 0.25) is 5.91 Å². The van der Waals surface area contributed by atoms with Crippen molar-refractivity contribution in [2.75, 3.05) is 5.32 Å². The molecule has 1 aromatic carbocycles. The number of carbonyl (C=O) groups is 2. The Hall–Kier alpha value is -2.89. The number of aromatic nitrogens is 2. The minimum absolute atomic E-state index is 0.147. The Bertz CT molecular complexity index is 900. The number of hydrogen-bond acceptors (Lipinski definition) is 3. The maximum atomic E-state index is 12.7. The number of rotatable bonds is 6. The van der Waals surface area contributed by atoms with Crippen molar-refractivity contribution in [2.45, 2.75) is 45.2 Å². The predicted octanol–water partition coefficient (Wildman–Crippen LogP) is 3.61. The minimum Gasteiger partial charge on any atom is -0.348 e. The second kappa shape index (κ2) is 7.62. The van der Waals surface area contributed by atoms with E-state index < -0.39 is 0 Å². The Labute approximate surface area is 165 Å². The van der Waals surface area contributed by atoms with Crippen LogP contribution in [0.3, 0.4) is 0 Å². The molecule has 2 aromatic rings. The summed E-state index contributed by atoms with van der Waals surface area (Å²) < 4.78 is 2.04. The van der Waals surface area contributed by atoms with Crippen molar-refractivity contribution < 1.29 is 9.59 Å². The first-order chi connectivity index (χ1) is 13.5. The number of hydrogen-bond donors (Lipinski definition) is 2. The van der Waals surface area contributed by atoms with Crippen molar-refractivity contribution in [1.29, 1.82) is 0 Å². The Morgan fingerprint density at radius 2 is 2.04 bits per heavy atom. The number of benzene rings is 1. The summed E-state index contributed by atoms with van der Waals surface area (Å²) in [6.07, 6.45) is 6.30. The summed E-state index contributed by atoms with van der Waals surface area (Å²) in [5.41, 5.74) is 2.43. The zero-order chi connectivity index (χ0) is 19.7. The quantitative estimate of drug-likeness (QED) is 0.754. The molecule has 6 heteroatoms. The van der Waals surface area contributed by atoms with Crippen LogP contribution >= 0.6 is 0 Å². The van der Waals surface area contributed by atoms with Gasteiger partial charge in [0.1, 0.15) is 5.82 Å². The summed E-state index contributed by atoms with van der Waals surface area (Å²) in [5, 5.41) is 10.4. The van der Waals surface area contributed by atoms with Gasteiger partial charge < -0.3 is 10.6 Å². The van der Waals surface area contributed by atoms with Crippen LogP contribution in [-0.4, -0.2) is 21.6 Å². The molecule has 28 heavy (non-hydrogen) atoms. The first-order valence-electron chi connectivity index (χ1n) is 9.90. The Balaban J connectivity index is 1.44. The highest BCUT2D eigenvalue weighted by atomic mass is 16.2. The number of carbonyl (C=O) groups excluding carboxylic acids is 2. The number of nitrogens with one attached hydrogen (secondary N) is 2. The molecule has 2 saturated carbocycles. The number of fused-ring (bicyclic) bond motifs is 2. The molecule has 146 valence electrons. The van der Waals surface area contributed by atoms with Gasteiger partial charge in [-0.2, -0.15) is 5.10 Å². The molecule has 1 heterocycles. The predicted molar refractivity (Wildman–Crippen MR) is 108 cm³/mol. The Morgan fingerprint density at radius 3 is 2.68 bits per heavy atom. The highest BCUT2D eigenvalue weighted by Gasteiger charge is 2.41. The van der Waals surface area contributed by atoms with Crippen LogP contribution < -0.4 is 10.6 Å². The lowest BCUT2D eigenvalue weighted by Crippen LogP contribution is -2.22. The molecule has 0 saturated heterocycles. The molecule has 2 aliphatic rings. The lowest BCUT2D eigenvalue weighted by Gasteiger charge is -2.24. The summed E-state index contributed by atoms with van der Waals surface area (Å²) in [5.74, 6) is 1.92. The second-order valence-electron chi connectivity index (χ2n) is 7.93. The normalized spacial score (nSPS) is 22.8. The molecule has 2 N–H and O–H groups in total. The van der Waals surface area contributed by atoms with Crippen LogP contribution in [0.2, 0.25) is 0 Å². The van der Waals surface area contributed by atoms with E-state index in [1.807, 2.05) is 29.8 Å². The fraction of sp³-hybridized carbons (Fsp3) is 0.409. The number of aryl methyl sites for hydroxylation is 1. The van der Waals surface area contributed by atoms with Gasteiger partial charge >= 0.3 is 0 Å². The van der Waals surface area contributed by atoms with Crippen LogP contribution in [0.5, 0.6) is 0 Å². The molecule has 2 amide bonds. The SMILES string of the molecule is C=CC(=O)NCc1ccc(C(=O)Nc2cc(C)nn2C2CC3CCC2C3)cc1. The second-order valence-corrected chi connectivity index (χ2v) is 7.93. The standard InChI is InChI=1S/C22H26N4O2/c1-3-21(27)23-13-15-4-7-17(8-5-15)22(28)24-20-10-14(2)25-26(20)19-12-16-6-9-18(19)11-16/h3-5,7-8,10,16,18-19H,1,6,9,11-13H2,2H3,(H,23,27)(H,24,28). The van der Waals surface area contributed by atoms with Gasteiger partial charge in [0, 0.05) is 18.2 Å². The van der Waals surface area contributed by atoms with Crippen molar-refractivity contribution in [1.82, 2.24) is 15.1 Å². The fourth-order valence-corrected chi connectivity index (χ4v) is 4.60. The van der Waals surface area contributed by atoms with Crippen molar-refractivity contribution in [3.8, 4) is 0 Å². The lowest BCUT2D eigenvalue weighted by molar-refractivity contribution is -0.116. The molecule has 1 aromatic heterocycles. The molecular weight excluding hydrogens is 352 g/mol. The van der Waals surface area contributed by atoms with E-state index in [1.54, 1.807) is 12.1 Å². The summed E-state index contributed by atoms with van der Waals surface area (Å²) in [6, 6.07) is 9.58. The van der Waals surface area contributed by atoms with Crippen molar-refractivity contribution in [3.63, 3.8) is 0 Å². The van der Waals surface area contributed by atoms with Crippen molar-refractivity contribution in [3.05, 3.63) is 59.8 Å². The zero-order valence-corrected chi connectivity index (χ0v) is 16.1. The molecule has 0 radical (unpaired) electrons. The molecule has 2 fully saturated rings. The first-order valence-corrected chi connectivity index (χ1v) is 9.90. The lowest BCUT2D eigenvalue weighted by atomic mass is 9.95. The summed E-state index contributed by atoms with van der Waals surface area (Å²) in [6.45, 7) is 5.80. The van der Waals surface area contributed by atoms with E-state index in [0.29, 0.717) is 24.1 Å². The van der Waals surface area contributed by atoms with Crippen LogP contribution in [0, 0.1) is 18.8 Å². The maximum absolute atomic E-state index is 12.7. The van der Waals surface area contributed by atoms with Gasteiger partial charge in [-0.1, -0.05) is 25.1 Å². The Morgan fingerprint density at radius 1 is 1.25 bits per heavy atom. The van der Waals surface area contributed by atoms with Crippen molar-refractivity contribution >= 4 is 17.6 Å². The first kappa shape index (κ1) is 18.5. The van der Waals surface area contributed by atoms with Crippen LogP contribution in [-0.2, 0) is 11.3 Å². The van der Waals surface area contributed by atoms with Crippen LogP contribution in [0.4, 0.5) is 5.82 Å². The van der Waals surface area contributed by atoms with E-state index in [1.165, 1.54) is 31.8 Å². The number of anilines is 1. The molecule has 0 aliphatic heterocycles. The summed E-state index contributed by atoms with van der Waals surface area (Å²) in [4.78, 5) is 24.0. The van der Waals surface area contributed by atoms with Gasteiger partial charge in [-0.3, -0.25) is 9.59 Å². The third kappa shape index (κ3) is 3.72. The topological polar surface area (TPSA) is 76.0 Å². The van der Waals surface area contributed by atoms with Gasteiger partial charge in [-0.05, 0) is 61.8 Å². The number of amides is 2.